The van der Waals surface area contributed by atoms with Crippen LogP contribution in [0.15, 0.2) is 44.1 Å². The molecule has 15 heteroatoms. The molecule has 0 radical (unpaired) electrons. The van der Waals surface area contributed by atoms with E-state index in [1.54, 1.807) is 18.2 Å². The van der Waals surface area contributed by atoms with E-state index in [1.807, 2.05) is 0 Å². The van der Waals surface area contributed by atoms with Gasteiger partial charge in [-0.2, -0.15) is 10.1 Å². The molecular formula is C17H15Br2N7O6. The molecule has 2 heterocycles. The second-order valence-corrected chi connectivity index (χ2v) is 7.91. The highest BCUT2D eigenvalue weighted by Gasteiger charge is 2.16. The van der Waals surface area contributed by atoms with Gasteiger partial charge in [0.05, 0.1) is 9.40 Å². The molecule has 2 N–H and O–H groups in total. The number of hydrogen-bond acceptors (Lipinski definition) is 9. The second-order valence-electron chi connectivity index (χ2n) is 6.14. The number of ether oxygens (including phenoxy) is 1. The molecule has 0 unspecified atom stereocenters. The third kappa shape index (κ3) is 6.58. The maximum absolute atomic E-state index is 12.1. The lowest BCUT2D eigenvalue weighted by Gasteiger charge is -2.09. The summed E-state index contributed by atoms with van der Waals surface area (Å²) in [6.45, 7) is 0.0882. The first-order valence-electron chi connectivity index (χ1n) is 8.94. The lowest BCUT2D eigenvalue weighted by molar-refractivity contribution is -0.385. The molecule has 3 rings (SSSR count). The summed E-state index contributed by atoms with van der Waals surface area (Å²) in [4.78, 5) is 37.9. The Morgan fingerprint density at radius 3 is 2.75 bits per heavy atom. The van der Waals surface area contributed by atoms with Crippen LogP contribution in [-0.4, -0.2) is 56.4 Å². The molecule has 0 aliphatic heterocycles. The van der Waals surface area contributed by atoms with Crippen LogP contribution in [0.3, 0.4) is 0 Å². The molecule has 0 fully saturated rings. The summed E-state index contributed by atoms with van der Waals surface area (Å²) in [6.07, 6.45) is 2.29. The van der Waals surface area contributed by atoms with Gasteiger partial charge in [0.25, 0.3) is 5.91 Å². The molecule has 32 heavy (non-hydrogen) atoms. The van der Waals surface area contributed by atoms with Crippen LogP contribution < -0.4 is 15.4 Å². The van der Waals surface area contributed by atoms with Crippen LogP contribution in [0.25, 0.3) is 0 Å². The van der Waals surface area contributed by atoms with Gasteiger partial charge in [0.15, 0.2) is 12.4 Å². The Bertz CT molecular complexity index is 1130. The number of carbonyl (C=O) groups is 2. The van der Waals surface area contributed by atoms with Crippen molar-refractivity contribution in [2.24, 2.45) is 0 Å². The Morgan fingerprint density at radius 2 is 2.03 bits per heavy atom. The molecule has 0 aliphatic carbocycles. The zero-order valence-electron chi connectivity index (χ0n) is 16.2. The zero-order chi connectivity index (χ0) is 23.1. The smallest absolute Gasteiger partial charge is 0.316 e. The van der Waals surface area contributed by atoms with Crippen molar-refractivity contribution in [2.45, 2.75) is 6.54 Å². The van der Waals surface area contributed by atoms with Gasteiger partial charge in [0, 0.05) is 17.6 Å². The fraction of sp³-hybridized carbons (Fsp3) is 0.235. The van der Waals surface area contributed by atoms with Crippen LogP contribution in [0.5, 0.6) is 5.75 Å². The van der Waals surface area contributed by atoms with E-state index in [0.717, 1.165) is 10.7 Å². The van der Waals surface area contributed by atoms with Gasteiger partial charge in [-0.25, -0.2) is 0 Å². The highest BCUT2D eigenvalue weighted by molar-refractivity contribution is 9.11. The number of nitrogens with one attached hydrogen (secondary N) is 2. The van der Waals surface area contributed by atoms with Crippen LogP contribution in [0.1, 0.15) is 16.5 Å². The number of aromatic nitrogens is 4. The molecule has 0 atom stereocenters. The van der Waals surface area contributed by atoms with E-state index in [4.69, 9.17) is 9.26 Å². The minimum Gasteiger partial charge on any atom is -0.483 e. The quantitative estimate of drug-likeness (QED) is 0.208. The maximum atomic E-state index is 12.1. The van der Waals surface area contributed by atoms with Gasteiger partial charge < -0.3 is 19.9 Å². The van der Waals surface area contributed by atoms with E-state index < -0.39 is 10.8 Å². The highest BCUT2D eigenvalue weighted by atomic mass is 79.9. The summed E-state index contributed by atoms with van der Waals surface area (Å²) in [5.74, 6) is -0.621. The number of benzene rings is 1. The van der Waals surface area contributed by atoms with E-state index in [1.165, 1.54) is 10.9 Å². The minimum atomic E-state index is -0.625. The summed E-state index contributed by atoms with van der Waals surface area (Å²) in [6, 6.07) is 5.30. The van der Waals surface area contributed by atoms with Gasteiger partial charge in [-0.05, 0) is 34.1 Å². The number of rotatable bonds is 10. The fourth-order valence-electron chi connectivity index (χ4n) is 2.33. The van der Waals surface area contributed by atoms with E-state index in [9.17, 15) is 19.7 Å². The number of amides is 2. The van der Waals surface area contributed by atoms with Crippen molar-refractivity contribution in [1.82, 2.24) is 30.6 Å². The van der Waals surface area contributed by atoms with E-state index in [-0.39, 0.29) is 49.6 Å². The van der Waals surface area contributed by atoms with E-state index >= 15 is 0 Å². The van der Waals surface area contributed by atoms with E-state index in [0.29, 0.717) is 10.2 Å². The van der Waals surface area contributed by atoms with Crippen molar-refractivity contribution >= 4 is 49.4 Å². The van der Waals surface area contributed by atoms with Gasteiger partial charge in [0.1, 0.15) is 24.7 Å². The lowest BCUT2D eigenvalue weighted by atomic mass is 10.3. The lowest BCUT2D eigenvalue weighted by Crippen LogP contribution is -2.36. The van der Waals surface area contributed by atoms with Crippen LogP contribution >= 0.6 is 31.9 Å². The Morgan fingerprint density at radius 1 is 1.25 bits per heavy atom. The van der Waals surface area contributed by atoms with Gasteiger partial charge in [-0.15, -0.1) is 0 Å². The Hall–Kier alpha value is -3.33. The molecule has 13 nitrogen and oxygen atoms in total. The van der Waals surface area contributed by atoms with Gasteiger partial charge in [-0.3, -0.25) is 24.4 Å². The van der Waals surface area contributed by atoms with Crippen LogP contribution in [0.2, 0.25) is 0 Å². The third-order valence-corrected chi connectivity index (χ3v) is 4.89. The summed E-state index contributed by atoms with van der Waals surface area (Å²) in [7, 11) is 0. The summed E-state index contributed by atoms with van der Waals surface area (Å²) >= 11 is 6.67. The molecule has 2 aromatic heterocycles. The molecule has 0 spiro atoms. The molecular weight excluding hydrogens is 558 g/mol. The summed E-state index contributed by atoms with van der Waals surface area (Å²) in [5.41, 5.74) is -0.177. The molecule has 1 aromatic carbocycles. The van der Waals surface area contributed by atoms with Crippen molar-refractivity contribution in [2.75, 3.05) is 19.7 Å². The van der Waals surface area contributed by atoms with Crippen LogP contribution in [0, 0.1) is 10.1 Å². The highest BCUT2D eigenvalue weighted by Crippen LogP contribution is 2.28. The number of nitro groups is 1. The molecule has 0 bridgehead atoms. The molecule has 2 amide bonds. The first kappa shape index (κ1) is 23.3. The first-order chi connectivity index (χ1) is 15.3. The van der Waals surface area contributed by atoms with Crippen LogP contribution in [-0.2, 0) is 11.3 Å². The first-order valence-corrected chi connectivity index (χ1v) is 10.5. The molecule has 3 aromatic rings. The van der Waals surface area contributed by atoms with Crippen molar-refractivity contribution in [3.05, 3.63) is 61.4 Å². The molecule has 0 saturated heterocycles. The normalized spacial score (nSPS) is 10.6. The predicted molar refractivity (Wildman–Crippen MR) is 115 cm³/mol. The standard InChI is InChI=1S/C17H15Br2N7O6/c18-10-1-2-13(12(19)5-10)31-9-15(27)20-3-4-21-16(28)17-23-14(24-32-17)8-25-7-11(6-22-25)26(29)30/h1-2,5-7H,3-4,8-9H2,(H,20,27)(H,21,28). The summed E-state index contributed by atoms with van der Waals surface area (Å²) in [5, 5.41) is 23.2. The number of nitrogens with zero attached hydrogens (tertiary/aromatic N) is 5. The largest absolute Gasteiger partial charge is 0.483 e. The molecule has 0 saturated carbocycles. The number of carbonyl (C=O) groups excluding carboxylic acids is 2. The topological polar surface area (TPSA) is 167 Å². The number of halogens is 2. The fourth-order valence-corrected chi connectivity index (χ4v) is 3.49. The zero-order valence-corrected chi connectivity index (χ0v) is 19.3. The number of hydrogen-bond donors (Lipinski definition) is 2. The van der Waals surface area contributed by atoms with Gasteiger partial charge in [0.2, 0.25) is 0 Å². The predicted octanol–water partition coefficient (Wildman–Crippen LogP) is 1.67. The Labute approximate surface area is 196 Å². The van der Waals surface area contributed by atoms with Crippen molar-refractivity contribution < 1.29 is 23.8 Å². The third-order valence-electron chi connectivity index (χ3n) is 3.78. The Balaban J connectivity index is 1.37. The van der Waals surface area contributed by atoms with E-state index in [2.05, 4.69) is 57.7 Å². The van der Waals surface area contributed by atoms with Gasteiger partial charge >= 0.3 is 17.5 Å². The van der Waals surface area contributed by atoms with Crippen molar-refractivity contribution in [3.8, 4) is 5.75 Å². The van der Waals surface area contributed by atoms with Crippen molar-refractivity contribution in [3.63, 3.8) is 0 Å². The van der Waals surface area contributed by atoms with Crippen molar-refractivity contribution in [1.29, 1.82) is 0 Å². The SMILES string of the molecule is O=C(COc1ccc(Br)cc1Br)NCCNC(=O)c1nc(Cn2cc([N+](=O)[O-])cn2)no1. The maximum Gasteiger partial charge on any atom is 0.316 e. The monoisotopic (exact) mass is 571 g/mol. The van der Waals surface area contributed by atoms with Gasteiger partial charge in [-0.1, -0.05) is 21.1 Å². The minimum absolute atomic E-state index is 0.00480. The second kappa shape index (κ2) is 10.8. The molecule has 0 aliphatic rings. The average molecular weight is 573 g/mol. The molecule has 168 valence electrons. The van der Waals surface area contributed by atoms with Crippen LogP contribution in [0.4, 0.5) is 5.69 Å². The summed E-state index contributed by atoms with van der Waals surface area (Å²) < 4.78 is 13.1. The Kier molecular flexibility index (Phi) is 7.88. The average Bonchev–Trinajstić information content (AvgIpc) is 3.41.